The Labute approximate surface area is 158 Å². The molecule has 9 heteroatoms. The van der Waals surface area contributed by atoms with Crippen LogP contribution in [0.5, 0.6) is 0 Å². The van der Waals surface area contributed by atoms with Crippen LogP contribution < -0.4 is 10.2 Å². The molecule has 0 atom stereocenters. The van der Waals surface area contributed by atoms with E-state index in [1.165, 1.54) is 17.2 Å². The number of hydrogen-bond donors (Lipinski definition) is 1. The Hall–Kier alpha value is -2.94. The summed E-state index contributed by atoms with van der Waals surface area (Å²) < 4.78 is 43.9. The highest BCUT2D eigenvalue weighted by Gasteiger charge is 2.33. The Bertz CT molecular complexity index is 942. The maximum Gasteiger partial charge on any atom is 0.416 e. The van der Waals surface area contributed by atoms with E-state index in [4.69, 9.17) is 4.74 Å². The number of carbonyl (C=O) groups is 2. The summed E-state index contributed by atoms with van der Waals surface area (Å²) in [6.07, 6.45) is -2.96. The fourth-order valence-electron chi connectivity index (χ4n) is 3.17. The van der Waals surface area contributed by atoms with Gasteiger partial charge in [0.1, 0.15) is 6.54 Å². The van der Waals surface area contributed by atoms with Crippen LogP contribution in [0.2, 0.25) is 0 Å². The van der Waals surface area contributed by atoms with Gasteiger partial charge >= 0.3 is 6.18 Å². The molecule has 28 heavy (non-hydrogen) atoms. The maximum atomic E-state index is 13.0. The molecule has 0 aliphatic carbocycles. The van der Waals surface area contributed by atoms with Gasteiger partial charge in [0.2, 0.25) is 11.8 Å². The molecule has 146 valence electrons. The first-order chi connectivity index (χ1) is 13.3. The van der Waals surface area contributed by atoms with Crippen molar-refractivity contribution in [2.45, 2.75) is 18.6 Å². The molecule has 2 amide bonds. The standard InChI is InChI=1S/C19H16F3N3O3/c20-19(21,22)13-3-1-2-11(4-13)12-5-16-15(23-7-12)6-18(27)25(16)8-17(26)24-14-9-28-10-14/h1-5,7,14H,6,8-10H2,(H,24,26). The number of fused-ring (bicyclic) bond motifs is 1. The maximum absolute atomic E-state index is 13.0. The van der Waals surface area contributed by atoms with Crippen LogP contribution >= 0.6 is 0 Å². The molecule has 0 radical (unpaired) electrons. The SMILES string of the molecule is O=C(CN1C(=O)Cc2ncc(-c3cccc(C(F)(F)F)c3)cc21)NC1COC1. The van der Waals surface area contributed by atoms with Crippen molar-refractivity contribution in [2.75, 3.05) is 24.7 Å². The Balaban J connectivity index is 1.60. The lowest BCUT2D eigenvalue weighted by molar-refractivity contribution is -0.137. The van der Waals surface area contributed by atoms with Gasteiger partial charge in [0.15, 0.2) is 0 Å². The van der Waals surface area contributed by atoms with Gasteiger partial charge < -0.3 is 15.0 Å². The van der Waals surface area contributed by atoms with Crippen LogP contribution in [0.1, 0.15) is 11.3 Å². The lowest BCUT2D eigenvalue weighted by Crippen LogP contribution is -2.51. The molecule has 0 bridgehead atoms. The van der Waals surface area contributed by atoms with Crippen molar-refractivity contribution >= 4 is 17.5 Å². The van der Waals surface area contributed by atoms with Crippen LogP contribution in [-0.4, -0.2) is 42.6 Å². The summed E-state index contributed by atoms with van der Waals surface area (Å²) in [7, 11) is 0. The number of rotatable bonds is 4. The number of anilines is 1. The molecule has 1 fully saturated rings. The molecule has 1 aromatic carbocycles. The van der Waals surface area contributed by atoms with Crippen molar-refractivity contribution < 1.29 is 27.5 Å². The summed E-state index contributed by atoms with van der Waals surface area (Å²) in [5.41, 5.74) is 0.957. The zero-order chi connectivity index (χ0) is 19.9. The van der Waals surface area contributed by atoms with Crippen LogP contribution in [0.3, 0.4) is 0 Å². The number of halogens is 3. The lowest BCUT2D eigenvalue weighted by Gasteiger charge is -2.27. The molecular formula is C19H16F3N3O3. The Morgan fingerprint density at radius 2 is 2.04 bits per heavy atom. The highest BCUT2D eigenvalue weighted by Crippen LogP contribution is 2.35. The monoisotopic (exact) mass is 391 g/mol. The second-order valence-electron chi connectivity index (χ2n) is 6.73. The number of hydrogen-bond acceptors (Lipinski definition) is 4. The smallest absolute Gasteiger partial charge is 0.377 e. The van der Waals surface area contributed by atoms with E-state index in [-0.39, 0.29) is 30.8 Å². The number of nitrogens with one attached hydrogen (secondary N) is 1. The molecular weight excluding hydrogens is 375 g/mol. The average Bonchev–Trinajstić information content (AvgIpc) is 2.92. The van der Waals surface area contributed by atoms with Gasteiger partial charge in [0.25, 0.3) is 0 Å². The van der Waals surface area contributed by atoms with E-state index in [9.17, 15) is 22.8 Å². The Morgan fingerprint density at radius 3 is 2.71 bits per heavy atom. The molecule has 2 aliphatic rings. The molecule has 2 aliphatic heterocycles. The fraction of sp³-hybridized carbons (Fsp3) is 0.316. The van der Waals surface area contributed by atoms with Gasteiger partial charge in [-0.2, -0.15) is 13.2 Å². The summed E-state index contributed by atoms with van der Waals surface area (Å²) in [6.45, 7) is 0.713. The van der Waals surface area contributed by atoms with Gasteiger partial charge in [-0.15, -0.1) is 0 Å². The molecule has 0 unspecified atom stereocenters. The van der Waals surface area contributed by atoms with Crippen LogP contribution in [0, 0.1) is 0 Å². The Kier molecular flexibility index (Phi) is 4.54. The van der Waals surface area contributed by atoms with E-state index in [1.807, 2.05) is 0 Å². The van der Waals surface area contributed by atoms with E-state index in [0.29, 0.717) is 35.7 Å². The van der Waals surface area contributed by atoms with Crippen molar-refractivity contribution in [1.29, 1.82) is 0 Å². The second kappa shape index (κ2) is 6.90. The van der Waals surface area contributed by atoms with E-state index in [1.54, 1.807) is 12.1 Å². The van der Waals surface area contributed by atoms with Crippen LogP contribution in [-0.2, 0) is 26.9 Å². The first-order valence-electron chi connectivity index (χ1n) is 8.65. The van der Waals surface area contributed by atoms with E-state index < -0.39 is 11.7 Å². The Morgan fingerprint density at radius 1 is 1.25 bits per heavy atom. The summed E-state index contributed by atoms with van der Waals surface area (Å²) in [4.78, 5) is 30.0. The molecule has 1 saturated heterocycles. The van der Waals surface area contributed by atoms with Crippen LogP contribution in [0.15, 0.2) is 36.5 Å². The molecule has 6 nitrogen and oxygen atoms in total. The van der Waals surface area contributed by atoms with Gasteiger partial charge in [-0.3, -0.25) is 14.6 Å². The van der Waals surface area contributed by atoms with Gasteiger partial charge in [-0.05, 0) is 23.8 Å². The number of pyridine rings is 1. The van der Waals surface area contributed by atoms with Gasteiger partial charge in [0, 0.05) is 11.8 Å². The van der Waals surface area contributed by atoms with Crippen molar-refractivity contribution in [1.82, 2.24) is 10.3 Å². The minimum Gasteiger partial charge on any atom is -0.377 e. The second-order valence-corrected chi connectivity index (χ2v) is 6.73. The van der Waals surface area contributed by atoms with Crippen LogP contribution in [0.4, 0.5) is 18.9 Å². The highest BCUT2D eigenvalue weighted by molar-refractivity contribution is 6.05. The third-order valence-corrected chi connectivity index (χ3v) is 4.69. The average molecular weight is 391 g/mol. The topological polar surface area (TPSA) is 71.5 Å². The summed E-state index contributed by atoms with van der Waals surface area (Å²) in [6, 6.07) is 6.44. The molecule has 2 aromatic rings. The highest BCUT2D eigenvalue weighted by atomic mass is 19.4. The molecule has 3 heterocycles. The van der Waals surface area contributed by atoms with Gasteiger partial charge in [0.05, 0.1) is 42.6 Å². The first-order valence-corrected chi connectivity index (χ1v) is 8.65. The largest absolute Gasteiger partial charge is 0.416 e. The van der Waals surface area contributed by atoms with Gasteiger partial charge in [-0.1, -0.05) is 12.1 Å². The number of alkyl halides is 3. The number of aromatic nitrogens is 1. The third kappa shape index (κ3) is 3.57. The number of carbonyl (C=O) groups excluding carboxylic acids is 2. The quantitative estimate of drug-likeness (QED) is 0.867. The molecule has 1 N–H and O–H groups in total. The predicted octanol–water partition coefficient (Wildman–Crippen LogP) is 2.17. The van der Waals surface area contributed by atoms with E-state index in [2.05, 4.69) is 10.3 Å². The zero-order valence-electron chi connectivity index (χ0n) is 14.6. The minimum absolute atomic E-state index is 0.0536. The summed E-state index contributed by atoms with van der Waals surface area (Å²) in [5, 5.41) is 2.76. The number of benzene rings is 1. The first kappa shape index (κ1) is 18.4. The minimum atomic E-state index is -4.45. The predicted molar refractivity (Wildman–Crippen MR) is 93.5 cm³/mol. The molecule has 0 saturated carbocycles. The lowest BCUT2D eigenvalue weighted by atomic mass is 10.0. The van der Waals surface area contributed by atoms with Crippen LogP contribution in [0.25, 0.3) is 11.1 Å². The molecule has 4 rings (SSSR count). The summed E-state index contributed by atoms with van der Waals surface area (Å²) in [5.74, 6) is -0.595. The van der Waals surface area contributed by atoms with Crippen molar-refractivity contribution in [3.63, 3.8) is 0 Å². The normalized spacial score (nSPS) is 16.7. The summed E-state index contributed by atoms with van der Waals surface area (Å²) >= 11 is 0. The fourth-order valence-corrected chi connectivity index (χ4v) is 3.17. The van der Waals surface area contributed by atoms with Crippen molar-refractivity contribution in [2.24, 2.45) is 0 Å². The van der Waals surface area contributed by atoms with Crippen molar-refractivity contribution in [3.05, 3.63) is 47.8 Å². The molecule has 1 aromatic heterocycles. The third-order valence-electron chi connectivity index (χ3n) is 4.69. The van der Waals surface area contributed by atoms with E-state index >= 15 is 0 Å². The number of nitrogens with zero attached hydrogens (tertiary/aromatic N) is 2. The number of amides is 2. The number of ether oxygens (including phenoxy) is 1. The zero-order valence-corrected chi connectivity index (χ0v) is 14.6. The van der Waals surface area contributed by atoms with Gasteiger partial charge in [-0.25, -0.2) is 0 Å². The molecule has 0 spiro atoms. The van der Waals surface area contributed by atoms with E-state index in [0.717, 1.165) is 12.1 Å². The van der Waals surface area contributed by atoms with Crippen molar-refractivity contribution in [3.8, 4) is 11.1 Å².